The first-order chi connectivity index (χ1) is 10.3. The standard InChI is InChI=1S/C16H35N3O2S.HI/c1-5-17-16(19-13-10-14-22(4,20)21)18-12-9-7-6-8-11-15(2)3;/h15H,5-14H2,1-4H3,(H2,17,18,19);1H. The van der Waals surface area contributed by atoms with E-state index in [1.54, 1.807) is 0 Å². The second kappa shape index (κ2) is 15.5. The number of hydrogen-bond donors (Lipinski definition) is 2. The Bertz CT molecular complexity index is 398. The van der Waals surface area contributed by atoms with Crippen LogP contribution in [0.2, 0.25) is 0 Å². The highest BCUT2D eigenvalue weighted by Gasteiger charge is 2.01. The molecule has 0 atom stereocenters. The fourth-order valence-electron chi connectivity index (χ4n) is 2.10. The number of hydrogen-bond acceptors (Lipinski definition) is 3. The number of nitrogens with one attached hydrogen (secondary N) is 2. The van der Waals surface area contributed by atoms with Gasteiger partial charge in [-0.1, -0.05) is 39.5 Å². The van der Waals surface area contributed by atoms with E-state index in [2.05, 4.69) is 29.5 Å². The molecule has 0 heterocycles. The third-order valence-electron chi connectivity index (χ3n) is 3.29. The monoisotopic (exact) mass is 461 g/mol. The summed E-state index contributed by atoms with van der Waals surface area (Å²) in [4.78, 5) is 4.40. The molecule has 0 aliphatic heterocycles. The van der Waals surface area contributed by atoms with Crippen LogP contribution < -0.4 is 10.6 Å². The van der Waals surface area contributed by atoms with E-state index in [4.69, 9.17) is 0 Å². The van der Waals surface area contributed by atoms with E-state index < -0.39 is 9.84 Å². The van der Waals surface area contributed by atoms with Crippen LogP contribution in [0.25, 0.3) is 0 Å². The molecule has 0 aromatic carbocycles. The summed E-state index contributed by atoms with van der Waals surface area (Å²) in [5, 5.41) is 6.49. The topological polar surface area (TPSA) is 70.6 Å². The van der Waals surface area contributed by atoms with Crippen molar-refractivity contribution < 1.29 is 8.42 Å². The Morgan fingerprint density at radius 1 is 1.04 bits per heavy atom. The molecule has 0 spiro atoms. The molecular formula is C16H36IN3O2S. The van der Waals surface area contributed by atoms with Gasteiger partial charge in [0.2, 0.25) is 0 Å². The van der Waals surface area contributed by atoms with Crippen molar-refractivity contribution >= 4 is 39.8 Å². The van der Waals surface area contributed by atoms with Crippen LogP contribution in [0.15, 0.2) is 4.99 Å². The Labute approximate surface area is 160 Å². The molecule has 0 aromatic heterocycles. The second-order valence-electron chi connectivity index (χ2n) is 6.27. The lowest BCUT2D eigenvalue weighted by molar-refractivity contribution is 0.518. The number of sulfone groups is 1. The predicted octanol–water partition coefficient (Wildman–Crippen LogP) is 3.20. The molecule has 0 aliphatic rings. The molecule has 0 fully saturated rings. The van der Waals surface area contributed by atoms with Crippen LogP contribution in [0.1, 0.15) is 59.3 Å². The van der Waals surface area contributed by atoms with E-state index in [9.17, 15) is 8.42 Å². The van der Waals surface area contributed by atoms with E-state index in [1.807, 2.05) is 6.92 Å². The molecule has 2 N–H and O–H groups in total. The first-order valence-corrected chi connectivity index (χ1v) is 10.6. The van der Waals surface area contributed by atoms with Crippen molar-refractivity contribution in [3.05, 3.63) is 0 Å². The van der Waals surface area contributed by atoms with Gasteiger partial charge in [0.25, 0.3) is 0 Å². The van der Waals surface area contributed by atoms with E-state index in [0.717, 1.165) is 31.4 Å². The molecule has 0 bridgehead atoms. The van der Waals surface area contributed by atoms with Gasteiger partial charge >= 0.3 is 0 Å². The predicted molar refractivity (Wildman–Crippen MR) is 112 cm³/mol. The lowest BCUT2D eigenvalue weighted by Crippen LogP contribution is -2.37. The van der Waals surface area contributed by atoms with Gasteiger partial charge in [-0.15, -0.1) is 24.0 Å². The van der Waals surface area contributed by atoms with Crippen molar-refractivity contribution in [1.29, 1.82) is 0 Å². The summed E-state index contributed by atoms with van der Waals surface area (Å²) in [5.74, 6) is 1.79. The minimum atomic E-state index is -2.88. The number of halogens is 1. The van der Waals surface area contributed by atoms with Crippen LogP contribution in [-0.4, -0.2) is 46.0 Å². The largest absolute Gasteiger partial charge is 0.357 e. The van der Waals surface area contributed by atoms with Crippen molar-refractivity contribution in [2.24, 2.45) is 10.9 Å². The van der Waals surface area contributed by atoms with Crippen LogP contribution in [0.4, 0.5) is 0 Å². The van der Waals surface area contributed by atoms with Gasteiger partial charge in [-0.3, -0.25) is 4.99 Å². The van der Waals surface area contributed by atoms with Crippen molar-refractivity contribution in [3.8, 4) is 0 Å². The molecule has 0 radical (unpaired) electrons. The fraction of sp³-hybridized carbons (Fsp3) is 0.938. The molecule has 0 amide bonds. The van der Waals surface area contributed by atoms with Gasteiger partial charge in [-0.25, -0.2) is 8.42 Å². The van der Waals surface area contributed by atoms with Crippen LogP contribution >= 0.6 is 24.0 Å². The van der Waals surface area contributed by atoms with Crippen LogP contribution in [-0.2, 0) is 9.84 Å². The Kier molecular flexibility index (Phi) is 17.0. The molecule has 0 saturated heterocycles. The van der Waals surface area contributed by atoms with Crippen LogP contribution in [0.3, 0.4) is 0 Å². The number of nitrogens with zero attached hydrogens (tertiary/aromatic N) is 1. The average Bonchev–Trinajstić information content (AvgIpc) is 2.40. The summed E-state index contributed by atoms with van der Waals surface area (Å²) in [6.45, 7) is 8.83. The highest BCUT2D eigenvalue weighted by atomic mass is 127. The molecule has 0 rings (SSSR count). The summed E-state index contributed by atoms with van der Waals surface area (Å²) < 4.78 is 22.1. The third kappa shape index (κ3) is 19.9. The van der Waals surface area contributed by atoms with Gasteiger partial charge in [-0.05, 0) is 25.7 Å². The van der Waals surface area contributed by atoms with Gasteiger partial charge in [0, 0.05) is 25.9 Å². The molecule has 0 aliphatic carbocycles. The lowest BCUT2D eigenvalue weighted by atomic mass is 10.0. The molecule has 23 heavy (non-hydrogen) atoms. The minimum absolute atomic E-state index is 0. The van der Waals surface area contributed by atoms with Crippen LogP contribution in [0, 0.1) is 5.92 Å². The van der Waals surface area contributed by atoms with Crippen molar-refractivity contribution in [1.82, 2.24) is 10.6 Å². The molecule has 0 unspecified atom stereocenters. The van der Waals surface area contributed by atoms with Crippen molar-refractivity contribution in [2.75, 3.05) is 31.6 Å². The maximum Gasteiger partial charge on any atom is 0.191 e. The van der Waals surface area contributed by atoms with Gasteiger partial charge < -0.3 is 10.6 Å². The fourth-order valence-corrected chi connectivity index (χ4v) is 2.75. The maximum absolute atomic E-state index is 11.1. The maximum atomic E-state index is 11.1. The molecule has 5 nitrogen and oxygen atoms in total. The zero-order chi connectivity index (χ0) is 16.8. The highest BCUT2D eigenvalue weighted by Crippen LogP contribution is 2.08. The summed E-state index contributed by atoms with van der Waals surface area (Å²) in [7, 11) is -2.88. The number of rotatable bonds is 12. The Morgan fingerprint density at radius 2 is 1.70 bits per heavy atom. The minimum Gasteiger partial charge on any atom is -0.357 e. The van der Waals surface area contributed by atoms with E-state index in [0.29, 0.717) is 13.0 Å². The summed E-state index contributed by atoms with van der Waals surface area (Å²) >= 11 is 0. The molecule has 140 valence electrons. The van der Waals surface area contributed by atoms with Crippen molar-refractivity contribution in [2.45, 2.75) is 59.3 Å². The average molecular weight is 461 g/mol. The Hall–Kier alpha value is -0.0500. The van der Waals surface area contributed by atoms with E-state index in [-0.39, 0.29) is 29.7 Å². The van der Waals surface area contributed by atoms with Gasteiger partial charge in [-0.2, -0.15) is 0 Å². The van der Waals surface area contributed by atoms with Crippen LogP contribution in [0.5, 0.6) is 0 Å². The molecule has 0 aromatic rings. The zero-order valence-electron chi connectivity index (χ0n) is 15.2. The molecular weight excluding hydrogens is 425 g/mol. The molecule has 0 saturated carbocycles. The van der Waals surface area contributed by atoms with E-state index >= 15 is 0 Å². The van der Waals surface area contributed by atoms with E-state index in [1.165, 1.54) is 31.9 Å². The Balaban J connectivity index is 0. The third-order valence-corrected chi connectivity index (χ3v) is 4.32. The van der Waals surface area contributed by atoms with Gasteiger partial charge in [0.1, 0.15) is 9.84 Å². The van der Waals surface area contributed by atoms with Crippen molar-refractivity contribution in [3.63, 3.8) is 0 Å². The quantitative estimate of drug-likeness (QED) is 0.203. The summed E-state index contributed by atoms with van der Waals surface area (Å²) in [6.07, 6.45) is 8.15. The first-order valence-electron chi connectivity index (χ1n) is 8.55. The number of unbranched alkanes of at least 4 members (excludes halogenated alkanes) is 3. The number of guanidine groups is 1. The van der Waals surface area contributed by atoms with Gasteiger partial charge in [0.15, 0.2) is 5.96 Å². The molecule has 7 heteroatoms. The SMILES string of the molecule is CCNC(=NCCCS(C)(=O)=O)NCCCCCCC(C)C.I. The van der Waals surface area contributed by atoms with Gasteiger partial charge in [0.05, 0.1) is 5.75 Å². The zero-order valence-corrected chi connectivity index (χ0v) is 18.4. The smallest absolute Gasteiger partial charge is 0.191 e. The highest BCUT2D eigenvalue weighted by molar-refractivity contribution is 14.0. The summed E-state index contributed by atoms with van der Waals surface area (Å²) in [5.41, 5.74) is 0. The number of aliphatic imine (C=N–C) groups is 1. The second-order valence-corrected chi connectivity index (χ2v) is 8.53. The summed E-state index contributed by atoms with van der Waals surface area (Å²) in [6, 6.07) is 0. The Morgan fingerprint density at radius 3 is 2.26 bits per heavy atom. The lowest BCUT2D eigenvalue weighted by Gasteiger charge is -2.11. The normalized spacial score (nSPS) is 12.1. The first kappa shape index (κ1) is 25.2.